The van der Waals surface area contributed by atoms with Gasteiger partial charge in [0.15, 0.2) is 5.78 Å². The van der Waals surface area contributed by atoms with Crippen molar-refractivity contribution >= 4 is 11.9 Å². The molecule has 0 bridgehead atoms. The van der Waals surface area contributed by atoms with Crippen molar-refractivity contribution in [1.29, 1.82) is 0 Å². The molecule has 104 valence electrons. The van der Waals surface area contributed by atoms with Crippen LogP contribution in [-0.2, 0) is 14.3 Å². The normalized spacial score (nSPS) is 24.2. The fraction of sp³-hybridized carbons (Fsp3) is 0.846. The highest BCUT2D eigenvalue weighted by atomic mass is 16.6. The third kappa shape index (κ3) is 3.02. The van der Waals surface area contributed by atoms with Gasteiger partial charge in [-0.3, -0.25) is 9.69 Å². The Morgan fingerprint density at radius 2 is 1.94 bits per heavy atom. The lowest BCUT2D eigenvalue weighted by atomic mass is 9.93. The molecule has 1 aliphatic heterocycles. The largest absolute Gasteiger partial charge is 0.444 e. The summed E-state index contributed by atoms with van der Waals surface area (Å²) in [5, 5.41) is 0. The monoisotopic (exact) mass is 257 g/mol. The Kier molecular flexibility index (Phi) is 4.37. The summed E-state index contributed by atoms with van der Waals surface area (Å²) in [6, 6.07) is 0. The molecule has 5 heteroatoms. The molecular formula is C13H23NO4. The van der Waals surface area contributed by atoms with Gasteiger partial charge in [-0.25, -0.2) is 4.79 Å². The molecule has 1 heterocycles. The maximum absolute atomic E-state index is 12.2. The molecule has 1 fully saturated rings. The number of rotatable bonds is 3. The minimum absolute atomic E-state index is 0.0484. The van der Waals surface area contributed by atoms with Crippen molar-refractivity contribution in [2.24, 2.45) is 0 Å². The number of amides is 1. The molecule has 0 saturated carbocycles. The van der Waals surface area contributed by atoms with Crippen molar-refractivity contribution in [2.45, 2.75) is 51.7 Å². The van der Waals surface area contributed by atoms with Gasteiger partial charge in [0.2, 0.25) is 0 Å². The first-order chi connectivity index (χ1) is 8.23. The van der Waals surface area contributed by atoms with Crippen LogP contribution in [0.2, 0.25) is 0 Å². The summed E-state index contributed by atoms with van der Waals surface area (Å²) in [4.78, 5) is 25.6. The van der Waals surface area contributed by atoms with E-state index >= 15 is 0 Å². The fourth-order valence-corrected chi connectivity index (χ4v) is 2.32. The summed E-state index contributed by atoms with van der Waals surface area (Å²) in [5.41, 5.74) is -1.41. The molecule has 0 aliphatic carbocycles. The number of hydrogen-bond acceptors (Lipinski definition) is 4. The van der Waals surface area contributed by atoms with E-state index in [4.69, 9.17) is 9.47 Å². The second-order valence-corrected chi connectivity index (χ2v) is 5.76. The van der Waals surface area contributed by atoms with Gasteiger partial charge in [-0.2, -0.15) is 0 Å². The van der Waals surface area contributed by atoms with Gasteiger partial charge >= 0.3 is 6.09 Å². The van der Waals surface area contributed by atoms with Gasteiger partial charge in [0.1, 0.15) is 11.1 Å². The molecule has 0 N–H and O–H groups in total. The predicted molar refractivity (Wildman–Crippen MR) is 67.5 cm³/mol. The minimum Gasteiger partial charge on any atom is -0.444 e. The maximum Gasteiger partial charge on any atom is 0.411 e. The molecule has 1 saturated heterocycles. The molecule has 0 aromatic rings. The van der Waals surface area contributed by atoms with Gasteiger partial charge in [-0.15, -0.1) is 0 Å². The molecular weight excluding hydrogens is 234 g/mol. The van der Waals surface area contributed by atoms with Crippen molar-refractivity contribution in [3.63, 3.8) is 0 Å². The highest BCUT2D eigenvalue weighted by Crippen LogP contribution is 2.32. The zero-order chi connectivity index (χ0) is 14.0. The Bertz CT molecular complexity index is 334. The Hall–Kier alpha value is -1.10. The first kappa shape index (κ1) is 15.0. The number of carbonyl (C=O) groups excluding carboxylic acids is 2. The van der Waals surface area contributed by atoms with Gasteiger partial charge in [0.25, 0.3) is 0 Å². The van der Waals surface area contributed by atoms with E-state index in [0.717, 1.165) is 6.42 Å². The Labute approximate surface area is 108 Å². The number of ketones is 1. The molecule has 1 aliphatic rings. The number of carbonyl (C=O) groups is 2. The molecule has 1 unspecified atom stereocenters. The quantitative estimate of drug-likeness (QED) is 0.776. The number of methoxy groups -OCH3 is 1. The lowest BCUT2D eigenvalue weighted by molar-refractivity contribution is -0.130. The summed E-state index contributed by atoms with van der Waals surface area (Å²) < 4.78 is 10.5. The number of likely N-dealkylation sites (tertiary alicyclic amines) is 1. The molecule has 1 atom stereocenters. The second-order valence-electron chi connectivity index (χ2n) is 5.76. The van der Waals surface area contributed by atoms with E-state index in [-0.39, 0.29) is 12.4 Å². The molecule has 0 aromatic carbocycles. The third-order valence-electron chi connectivity index (χ3n) is 3.14. The van der Waals surface area contributed by atoms with Crippen LogP contribution >= 0.6 is 0 Å². The van der Waals surface area contributed by atoms with Crippen LogP contribution in [-0.4, -0.2) is 48.2 Å². The van der Waals surface area contributed by atoms with Gasteiger partial charge in [0, 0.05) is 13.7 Å². The summed E-state index contributed by atoms with van der Waals surface area (Å²) >= 11 is 0. The van der Waals surface area contributed by atoms with Crippen molar-refractivity contribution in [3.8, 4) is 0 Å². The molecule has 0 aromatic heterocycles. The van der Waals surface area contributed by atoms with Gasteiger partial charge < -0.3 is 9.47 Å². The topological polar surface area (TPSA) is 55.8 Å². The van der Waals surface area contributed by atoms with E-state index in [1.807, 2.05) is 20.8 Å². The van der Waals surface area contributed by atoms with E-state index in [1.165, 1.54) is 18.9 Å². The summed E-state index contributed by atoms with van der Waals surface area (Å²) in [6.45, 7) is 7.70. The zero-order valence-electron chi connectivity index (χ0n) is 11.9. The van der Waals surface area contributed by atoms with E-state index in [9.17, 15) is 9.59 Å². The highest BCUT2D eigenvalue weighted by Gasteiger charge is 2.49. The van der Waals surface area contributed by atoms with Crippen molar-refractivity contribution in [2.75, 3.05) is 20.3 Å². The first-order valence-corrected chi connectivity index (χ1v) is 6.23. The number of ether oxygens (including phenoxy) is 2. The van der Waals surface area contributed by atoms with E-state index in [1.54, 1.807) is 0 Å². The molecule has 18 heavy (non-hydrogen) atoms. The highest BCUT2D eigenvalue weighted by molar-refractivity contribution is 5.90. The average molecular weight is 257 g/mol. The second kappa shape index (κ2) is 5.26. The van der Waals surface area contributed by atoms with Gasteiger partial charge in [-0.1, -0.05) is 0 Å². The summed E-state index contributed by atoms with van der Waals surface area (Å²) in [7, 11) is 1.54. The SMILES string of the molecule is COCC1(C(C)=O)CCCN1C(=O)OC(C)(C)C. The number of nitrogens with zero attached hydrogens (tertiary/aromatic N) is 1. The maximum atomic E-state index is 12.2. The van der Waals surface area contributed by atoms with Crippen molar-refractivity contribution in [3.05, 3.63) is 0 Å². The van der Waals surface area contributed by atoms with Crippen LogP contribution < -0.4 is 0 Å². The van der Waals surface area contributed by atoms with E-state index in [2.05, 4.69) is 0 Å². The molecule has 0 radical (unpaired) electrons. The van der Waals surface area contributed by atoms with Crippen LogP contribution in [0.5, 0.6) is 0 Å². The zero-order valence-corrected chi connectivity index (χ0v) is 11.9. The lowest BCUT2D eigenvalue weighted by Gasteiger charge is -2.36. The third-order valence-corrected chi connectivity index (χ3v) is 3.14. The van der Waals surface area contributed by atoms with Crippen LogP contribution in [0.25, 0.3) is 0 Å². The number of Topliss-reactive ketones (excluding diaryl/α,β-unsaturated/α-hetero) is 1. The van der Waals surface area contributed by atoms with E-state index < -0.39 is 17.2 Å². The summed E-state index contributed by atoms with van der Waals surface area (Å²) in [5.74, 6) is -0.0484. The predicted octanol–water partition coefficient (Wildman–Crippen LogP) is 1.99. The van der Waals surface area contributed by atoms with Crippen LogP contribution in [0, 0.1) is 0 Å². The molecule has 1 amide bonds. The van der Waals surface area contributed by atoms with Crippen molar-refractivity contribution < 1.29 is 19.1 Å². The smallest absolute Gasteiger partial charge is 0.411 e. The molecule has 5 nitrogen and oxygen atoms in total. The Morgan fingerprint density at radius 3 is 2.39 bits per heavy atom. The van der Waals surface area contributed by atoms with Crippen LogP contribution in [0.4, 0.5) is 4.79 Å². The van der Waals surface area contributed by atoms with E-state index in [0.29, 0.717) is 13.0 Å². The van der Waals surface area contributed by atoms with Gasteiger partial charge in [0.05, 0.1) is 6.61 Å². The molecule has 1 rings (SSSR count). The fourth-order valence-electron chi connectivity index (χ4n) is 2.32. The van der Waals surface area contributed by atoms with Crippen LogP contribution in [0.1, 0.15) is 40.5 Å². The van der Waals surface area contributed by atoms with Crippen molar-refractivity contribution in [1.82, 2.24) is 4.90 Å². The Balaban J connectivity index is 2.92. The van der Waals surface area contributed by atoms with Gasteiger partial charge in [-0.05, 0) is 40.5 Å². The number of hydrogen-bond donors (Lipinski definition) is 0. The Morgan fingerprint density at radius 1 is 1.33 bits per heavy atom. The standard InChI is InChI=1S/C13H23NO4/c1-10(15)13(9-17-5)7-6-8-14(13)11(16)18-12(2,3)4/h6-9H2,1-5H3. The molecule has 0 spiro atoms. The first-order valence-electron chi connectivity index (χ1n) is 6.23. The average Bonchev–Trinajstić information content (AvgIpc) is 2.60. The minimum atomic E-state index is -0.850. The summed E-state index contributed by atoms with van der Waals surface area (Å²) in [6.07, 6.45) is 0.990. The van der Waals surface area contributed by atoms with Crippen LogP contribution in [0.15, 0.2) is 0 Å². The van der Waals surface area contributed by atoms with Crippen LogP contribution in [0.3, 0.4) is 0 Å². The lowest BCUT2D eigenvalue weighted by Crippen LogP contribution is -2.56.